The van der Waals surface area contributed by atoms with Gasteiger partial charge < -0.3 is 5.11 Å². The number of rotatable bonds is 5. The molecular formula is C13H19BrClNO3S. The Morgan fingerprint density at radius 2 is 2.00 bits per heavy atom. The Balaban J connectivity index is 3.06. The van der Waals surface area contributed by atoms with Crippen molar-refractivity contribution >= 4 is 37.6 Å². The smallest absolute Gasteiger partial charge is 0.240 e. The zero-order valence-electron chi connectivity index (χ0n) is 11.7. The SMILES string of the molecule is CC(C)(C)C(CCO)NS(=O)(=O)c1ccc(Cl)c(Br)c1. The van der Waals surface area contributed by atoms with E-state index in [2.05, 4.69) is 20.7 Å². The van der Waals surface area contributed by atoms with Crippen LogP contribution in [0.4, 0.5) is 0 Å². The fourth-order valence-electron chi connectivity index (χ4n) is 1.70. The molecule has 0 heterocycles. The van der Waals surface area contributed by atoms with Crippen LogP contribution in [0, 0.1) is 5.41 Å². The lowest BCUT2D eigenvalue weighted by Gasteiger charge is -2.30. The van der Waals surface area contributed by atoms with Gasteiger partial charge in [-0.05, 0) is 46.0 Å². The van der Waals surface area contributed by atoms with Gasteiger partial charge in [-0.2, -0.15) is 0 Å². The molecule has 0 amide bonds. The van der Waals surface area contributed by atoms with E-state index < -0.39 is 10.0 Å². The van der Waals surface area contributed by atoms with Crippen LogP contribution in [0.5, 0.6) is 0 Å². The second kappa shape index (κ2) is 6.75. The van der Waals surface area contributed by atoms with E-state index in [0.717, 1.165) is 0 Å². The molecular weight excluding hydrogens is 366 g/mol. The van der Waals surface area contributed by atoms with E-state index in [-0.39, 0.29) is 23.0 Å². The lowest BCUT2D eigenvalue weighted by atomic mass is 9.86. The molecule has 4 nitrogen and oxygen atoms in total. The molecule has 1 aromatic rings. The van der Waals surface area contributed by atoms with Crippen LogP contribution >= 0.6 is 27.5 Å². The van der Waals surface area contributed by atoms with Gasteiger partial charge in [0.2, 0.25) is 10.0 Å². The molecule has 1 unspecified atom stereocenters. The Kier molecular flexibility index (Phi) is 6.04. The van der Waals surface area contributed by atoms with Crippen molar-refractivity contribution in [2.24, 2.45) is 5.41 Å². The summed E-state index contributed by atoms with van der Waals surface area (Å²) in [5.74, 6) is 0. The second-order valence-corrected chi connectivity index (χ2v) is 8.60. The van der Waals surface area contributed by atoms with Gasteiger partial charge >= 0.3 is 0 Å². The van der Waals surface area contributed by atoms with Crippen LogP contribution in [0.2, 0.25) is 5.02 Å². The van der Waals surface area contributed by atoms with Gasteiger partial charge in [0.05, 0.1) is 9.92 Å². The standard InChI is InChI=1S/C13H19BrClNO3S/c1-13(2,3)12(6-7-17)16-20(18,19)9-4-5-11(15)10(14)8-9/h4-5,8,12,16-17H,6-7H2,1-3H3. The van der Waals surface area contributed by atoms with Crippen molar-refractivity contribution in [2.75, 3.05) is 6.61 Å². The Hall–Kier alpha value is -0.140. The summed E-state index contributed by atoms with van der Waals surface area (Å²) in [6.07, 6.45) is 0.359. The van der Waals surface area contributed by atoms with Crippen molar-refractivity contribution in [3.63, 3.8) is 0 Å². The minimum Gasteiger partial charge on any atom is -0.396 e. The predicted octanol–water partition coefficient (Wildman–Crippen LogP) is 3.18. The average molecular weight is 385 g/mol. The Bertz CT molecular complexity index is 569. The summed E-state index contributed by atoms with van der Waals surface area (Å²) in [5, 5.41) is 9.54. The average Bonchev–Trinajstić information content (AvgIpc) is 2.30. The van der Waals surface area contributed by atoms with Crippen LogP contribution in [0.15, 0.2) is 27.6 Å². The number of benzene rings is 1. The van der Waals surface area contributed by atoms with E-state index >= 15 is 0 Å². The Morgan fingerprint density at radius 1 is 1.40 bits per heavy atom. The summed E-state index contributed by atoms with van der Waals surface area (Å²) in [6.45, 7) is 5.70. The number of nitrogens with one attached hydrogen (secondary N) is 1. The molecule has 7 heteroatoms. The maximum Gasteiger partial charge on any atom is 0.240 e. The van der Waals surface area contributed by atoms with Gasteiger partial charge in [0, 0.05) is 17.1 Å². The van der Waals surface area contributed by atoms with Crippen molar-refractivity contribution in [1.82, 2.24) is 4.72 Å². The highest BCUT2D eigenvalue weighted by molar-refractivity contribution is 9.10. The van der Waals surface area contributed by atoms with E-state index in [9.17, 15) is 8.42 Å². The van der Waals surface area contributed by atoms with Gasteiger partial charge in [0.15, 0.2) is 0 Å². The third-order valence-corrected chi connectivity index (χ3v) is 5.65. The minimum absolute atomic E-state index is 0.0746. The Labute approximate surface area is 133 Å². The third-order valence-electron chi connectivity index (χ3n) is 2.96. The number of sulfonamides is 1. The zero-order valence-corrected chi connectivity index (χ0v) is 14.8. The summed E-state index contributed by atoms with van der Waals surface area (Å²) in [6, 6.07) is 4.09. The number of halogens is 2. The van der Waals surface area contributed by atoms with Gasteiger partial charge in [-0.15, -0.1) is 0 Å². The van der Waals surface area contributed by atoms with E-state index in [4.69, 9.17) is 16.7 Å². The molecule has 1 atom stereocenters. The highest BCUT2D eigenvalue weighted by atomic mass is 79.9. The van der Waals surface area contributed by atoms with Crippen molar-refractivity contribution in [2.45, 2.75) is 38.1 Å². The number of hydrogen-bond donors (Lipinski definition) is 2. The molecule has 114 valence electrons. The summed E-state index contributed by atoms with van der Waals surface area (Å²) < 4.78 is 27.9. The van der Waals surface area contributed by atoms with E-state index in [0.29, 0.717) is 15.9 Å². The maximum absolute atomic E-state index is 12.4. The second-order valence-electron chi connectivity index (χ2n) is 5.63. The molecule has 0 spiro atoms. The lowest BCUT2D eigenvalue weighted by Crippen LogP contribution is -2.44. The van der Waals surface area contributed by atoms with Gasteiger partial charge in [-0.25, -0.2) is 13.1 Å². The largest absolute Gasteiger partial charge is 0.396 e. The van der Waals surface area contributed by atoms with Crippen LogP contribution in [0.25, 0.3) is 0 Å². The minimum atomic E-state index is -3.65. The first-order valence-corrected chi connectivity index (χ1v) is 8.81. The molecule has 0 aromatic heterocycles. The molecule has 2 N–H and O–H groups in total. The van der Waals surface area contributed by atoms with Crippen molar-refractivity contribution in [3.8, 4) is 0 Å². The third kappa shape index (κ3) is 4.70. The zero-order chi connectivity index (χ0) is 15.6. The molecule has 0 aliphatic rings. The molecule has 0 bridgehead atoms. The predicted molar refractivity (Wildman–Crippen MR) is 84.4 cm³/mol. The quantitative estimate of drug-likeness (QED) is 0.819. The molecule has 0 radical (unpaired) electrons. The fourth-order valence-corrected chi connectivity index (χ4v) is 3.85. The molecule has 0 fully saturated rings. The fraction of sp³-hybridized carbons (Fsp3) is 0.538. The first kappa shape index (κ1) is 17.9. The van der Waals surface area contributed by atoms with Crippen LogP contribution in [0.3, 0.4) is 0 Å². The highest BCUT2D eigenvalue weighted by Crippen LogP contribution is 2.27. The molecule has 0 aliphatic carbocycles. The summed E-state index contributed by atoms with van der Waals surface area (Å²) in [4.78, 5) is 0.140. The van der Waals surface area contributed by atoms with E-state index in [1.807, 2.05) is 20.8 Å². The van der Waals surface area contributed by atoms with Crippen molar-refractivity contribution in [1.29, 1.82) is 0 Å². The topological polar surface area (TPSA) is 66.4 Å². The Morgan fingerprint density at radius 3 is 2.45 bits per heavy atom. The summed E-state index contributed by atoms with van der Waals surface area (Å²) in [5.41, 5.74) is -0.292. The molecule has 0 saturated carbocycles. The highest BCUT2D eigenvalue weighted by Gasteiger charge is 2.29. The summed E-state index contributed by atoms with van der Waals surface area (Å²) in [7, 11) is -3.65. The van der Waals surface area contributed by atoms with Gasteiger partial charge in [-0.3, -0.25) is 0 Å². The van der Waals surface area contributed by atoms with Gasteiger partial charge in [0.25, 0.3) is 0 Å². The molecule has 0 aliphatic heterocycles. The van der Waals surface area contributed by atoms with Crippen LogP contribution in [0.1, 0.15) is 27.2 Å². The van der Waals surface area contributed by atoms with Crippen LogP contribution in [-0.4, -0.2) is 26.2 Å². The van der Waals surface area contributed by atoms with Crippen molar-refractivity contribution < 1.29 is 13.5 Å². The number of aliphatic hydroxyl groups excluding tert-OH is 1. The van der Waals surface area contributed by atoms with Crippen LogP contribution < -0.4 is 4.72 Å². The number of hydrogen-bond acceptors (Lipinski definition) is 3. The molecule has 20 heavy (non-hydrogen) atoms. The van der Waals surface area contributed by atoms with E-state index in [1.54, 1.807) is 0 Å². The lowest BCUT2D eigenvalue weighted by molar-refractivity contribution is 0.214. The monoisotopic (exact) mass is 383 g/mol. The van der Waals surface area contributed by atoms with E-state index in [1.165, 1.54) is 18.2 Å². The van der Waals surface area contributed by atoms with Crippen LogP contribution in [-0.2, 0) is 10.0 Å². The van der Waals surface area contributed by atoms with Gasteiger partial charge in [-0.1, -0.05) is 32.4 Å². The first-order chi connectivity index (χ1) is 9.08. The molecule has 0 saturated heterocycles. The molecule has 1 aromatic carbocycles. The molecule has 1 rings (SSSR count). The van der Waals surface area contributed by atoms with Crippen molar-refractivity contribution in [3.05, 3.63) is 27.7 Å². The maximum atomic E-state index is 12.4. The number of aliphatic hydroxyl groups is 1. The normalized spacial score (nSPS) is 14.3. The van der Waals surface area contributed by atoms with Gasteiger partial charge in [0.1, 0.15) is 0 Å². The summed E-state index contributed by atoms with van der Waals surface area (Å²) >= 11 is 9.07. The first-order valence-electron chi connectivity index (χ1n) is 6.16.